The predicted molar refractivity (Wildman–Crippen MR) is 66.7 cm³/mol. The first kappa shape index (κ1) is 16.8. The van der Waals surface area contributed by atoms with Crippen molar-refractivity contribution in [2.75, 3.05) is 0 Å². The fourth-order valence-corrected chi connectivity index (χ4v) is 1.49. The molecule has 1 aromatic carbocycles. The maximum Gasteiger partial charge on any atom is 0.326 e. The number of carboxylic acid groups (broad SMARTS) is 1. The van der Waals surface area contributed by atoms with Gasteiger partial charge in [0.2, 0.25) is 6.43 Å². The lowest BCUT2D eigenvalue weighted by Gasteiger charge is -2.18. The van der Waals surface area contributed by atoms with Gasteiger partial charge in [0.15, 0.2) is 6.10 Å². The standard InChI is InChI=1S/C13H14F3NO4/c1-7(21-9-4-2-3-8(14)5-9)12(18)17-10(13(19)20)6-11(15)16/h2-5,7,10-11H,6H2,1H3,(H,17,18)(H,19,20). The highest BCUT2D eigenvalue weighted by Crippen LogP contribution is 2.14. The zero-order valence-electron chi connectivity index (χ0n) is 11.1. The monoisotopic (exact) mass is 305 g/mol. The van der Waals surface area contributed by atoms with Crippen LogP contribution in [0.15, 0.2) is 24.3 Å². The van der Waals surface area contributed by atoms with Crippen molar-refractivity contribution in [1.29, 1.82) is 0 Å². The van der Waals surface area contributed by atoms with Crippen molar-refractivity contribution in [3.63, 3.8) is 0 Å². The van der Waals surface area contributed by atoms with Gasteiger partial charge in [-0.3, -0.25) is 4.79 Å². The molecule has 0 saturated carbocycles. The van der Waals surface area contributed by atoms with Crippen molar-refractivity contribution in [2.24, 2.45) is 0 Å². The highest BCUT2D eigenvalue weighted by molar-refractivity contribution is 5.86. The minimum atomic E-state index is -2.87. The second-order valence-corrected chi connectivity index (χ2v) is 4.24. The van der Waals surface area contributed by atoms with Crippen molar-refractivity contribution in [3.05, 3.63) is 30.1 Å². The van der Waals surface area contributed by atoms with Gasteiger partial charge < -0.3 is 15.2 Å². The van der Waals surface area contributed by atoms with Crippen LogP contribution in [0.3, 0.4) is 0 Å². The van der Waals surface area contributed by atoms with Crippen LogP contribution in [-0.4, -0.2) is 35.6 Å². The van der Waals surface area contributed by atoms with E-state index in [-0.39, 0.29) is 5.75 Å². The van der Waals surface area contributed by atoms with Gasteiger partial charge in [-0.05, 0) is 19.1 Å². The fourth-order valence-electron chi connectivity index (χ4n) is 1.49. The average Bonchev–Trinajstić information content (AvgIpc) is 2.37. The summed E-state index contributed by atoms with van der Waals surface area (Å²) >= 11 is 0. The summed E-state index contributed by atoms with van der Waals surface area (Å²) in [6.45, 7) is 1.29. The van der Waals surface area contributed by atoms with Gasteiger partial charge >= 0.3 is 5.97 Å². The van der Waals surface area contributed by atoms with E-state index in [4.69, 9.17) is 9.84 Å². The lowest BCUT2D eigenvalue weighted by Crippen LogP contribution is -2.47. The Balaban J connectivity index is 2.62. The molecule has 8 heteroatoms. The quantitative estimate of drug-likeness (QED) is 0.805. The van der Waals surface area contributed by atoms with E-state index < -0.39 is 42.7 Å². The number of carbonyl (C=O) groups excluding carboxylic acids is 1. The topological polar surface area (TPSA) is 75.6 Å². The molecular weight excluding hydrogens is 291 g/mol. The smallest absolute Gasteiger partial charge is 0.326 e. The number of hydrogen-bond acceptors (Lipinski definition) is 3. The summed E-state index contributed by atoms with van der Waals surface area (Å²) in [7, 11) is 0. The number of amides is 1. The molecule has 1 aromatic rings. The number of rotatable bonds is 7. The van der Waals surface area contributed by atoms with Crippen molar-refractivity contribution in [1.82, 2.24) is 5.32 Å². The first-order valence-corrected chi connectivity index (χ1v) is 6.03. The highest BCUT2D eigenvalue weighted by Gasteiger charge is 2.26. The molecular formula is C13H14F3NO4. The summed E-state index contributed by atoms with van der Waals surface area (Å²) in [6.07, 6.45) is -5.04. The van der Waals surface area contributed by atoms with E-state index in [1.165, 1.54) is 25.1 Å². The van der Waals surface area contributed by atoms with E-state index in [0.717, 1.165) is 6.07 Å². The second-order valence-electron chi connectivity index (χ2n) is 4.24. The average molecular weight is 305 g/mol. The SMILES string of the molecule is CC(Oc1cccc(F)c1)C(=O)NC(CC(F)F)C(=O)O. The predicted octanol–water partition coefficient (Wildman–Crippen LogP) is 1.82. The summed E-state index contributed by atoms with van der Waals surface area (Å²) in [5, 5.41) is 10.7. The molecule has 2 atom stereocenters. The molecule has 1 rings (SSSR count). The van der Waals surface area contributed by atoms with Gasteiger partial charge in [-0.1, -0.05) is 6.07 Å². The van der Waals surface area contributed by atoms with Crippen LogP contribution in [0.4, 0.5) is 13.2 Å². The molecule has 2 N–H and O–H groups in total. The van der Waals surface area contributed by atoms with Crippen LogP contribution < -0.4 is 10.1 Å². The number of hydrogen-bond donors (Lipinski definition) is 2. The molecule has 0 spiro atoms. The maximum absolute atomic E-state index is 12.9. The molecule has 0 aliphatic carbocycles. The number of carboxylic acids is 1. The van der Waals surface area contributed by atoms with Crippen LogP contribution >= 0.6 is 0 Å². The third-order valence-corrected chi connectivity index (χ3v) is 2.51. The summed E-state index contributed by atoms with van der Waals surface area (Å²) in [6, 6.07) is 3.28. The number of nitrogens with one attached hydrogen (secondary N) is 1. The molecule has 0 fully saturated rings. The minimum absolute atomic E-state index is 0.0679. The van der Waals surface area contributed by atoms with E-state index >= 15 is 0 Å². The van der Waals surface area contributed by atoms with Gasteiger partial charge in [0.25, 0.3) is 5.91 Å². The second kappa shape index (κ2) is 7.51. The number of ether oxygens (including phenoxy) is 1. The summed E-state index contributed by atoms with van der Waals surface area (Å²) in [4.78, 5) is 22.4. The van der Waals surface area contributed by atoms with E-state index in [0.29, 0.717) is 0 Å². The Morgan fingerprint density at radius 2 is 2.05 bits per heavy atom. The summed E-state index contributed by atoms with van der Waals surface area (Å²) < 4.78 is 42.4. The number of benzene rings is 1. The summed E-state index contributed by atoms with van der Waals surface area (Å²) in [5.41, 5.74) is 0. The molecule has 0 bridgehead atoms. The van der Waals surface area contributed by atoms with Gasteiger partial charge in [0.1, 0.15) is 17.6 Å². The molecule has 2 unspecified atom stereocenters. The Kier molecular flexibility index (Phi) is 6.01. The third-order valence-electron chi connectivity index (χ3n) is 2.51. The number of carbonyl (C=O) groups is 2. The zero-order chi connectivity index (χ0) is 16.0. The van der Waals surface area contributed by atoms with Gasteiger partial charge in [0, 0.05) is 12.5 Å². The Morgan fingerprint density at radius 3 is 2.57 bits per heavy atom. The van der Waals surface area contributed by atoms with Gasteiger partial charge in [-0.2, -0.15) is 0 Å². The summed E-state index contributed by atoms with van der Waals surface area (Å²) in [5.74, 6) is -2.95. The number of halogens is 3. The normalized spacial score (nSPS) is 13.6. The molecule has 0 saturated heterocycles. The molecule has 0 radical (unpaired) electrons. The molecule has 116 valence electrons. The van der Waals surface area contributed by atoms with Crippen LogP contribution in [0.2, 0.25) is 0 Å². The Bertz CT molecular complexity index is 510. The van der Waals surface area contributed by atoms with Crippen LogP contribution in [0.25, 0.3) is 0 Å². The van der Waals surface area contributed by atoms with E-state index in [2.05, 4.69) is 0 Å². The van der Waals surface area contributed by atoms with Crippen molar-refractivity contribution in [2.45, 2.75) is 31.9 Å². The first-order valence-electron chi connectivity index (χ1n) is 6.03. The number of aliphatic carboxylic acids is 1. The Morgan fingerprint density at radius 1 is 1.38 bits per heavy atom. The molecule has 5 nitrogen and oxygen atoms in total. The Hall–Kier alpha value is -2.25. The lowest BCUT2D eigenvalue weighted by atomic mass is 10.2. The van der Waals surface area contributed by atoms with Crippen LogP contribution in [-0.2, 0) is 9.59 Å². The zero-order valence-corrected chi connectivity index (χ0v) is 11.1. The van der Waals surface area contributed by atoms with Crippen molar-refractivity contribution in [3.8, 4) is 5.75 Å². The largest absolute Gasteiger partial charge is 0.481 e. The van der Waals surface area contributed by atoms with Crippen LogP contribution in [0, 0.1) is 5.82 Å². The molecule has 0 heterocycles. The molecule has 21 heavy (non-hydrogen) atoms. The minimum Gasteiger partial charge on any atom is -0.481 e. The number of alkyl halides is 2. The molecule has 0 aliphatic heterocycles. The fraction of sp³-hybridized carbons (Fsp3) is 0.385. The molecule has 1 amide bonds. The third kappa shape index (κ3) is 5.72. The highest BCUT2D eigenvalue weighted by atomic mass is 19.3. The molecule has 0 aliphatic rings. The van der Waals surface area contributed by atoms with E-state index in [1.54, 1.807) is 0 Å². The van der Waals surface area contributed by atoms with E-state index in [1.807, 2.05) is 5.32 Å². The molecule has 0 aromatic heterocycles. The lowest BCUT2D eigenvalue weighted by molar-refractivity contribution is -0.144. The maximum atomic E-state index is 12.9. The first-order chi connectivity index (χ1) is 9.79. The van der Waals surface area contributed by atoms with Gasteiger partial charge in [0.05, 0.1) is 0 Å². The van der Waals surface area contributed by atoms with E-state index in [9.17, 15) is 22.8 Å². The van der Waals surface area contributed by atoms with Crippen LogP contribution in [0.1, 0.15) is 13.3 Å². The van der Waals surface area contributed by atoms with Gasteiger partial charge in [-0.15, -0.1) is 0 Å². The van der Waals surface area contributed by atoms with Crippen molar-refractivity contribution >= 4 is 11.9 Å². The van der Waals surface area contributed by atoms with Crippen molar-refractivity contribution < 1.29 is 32.6 Å². The van der Waals surface area contributed by atoms with Gasteiger partial charge in [-0.25, -0.2) is 18.0 Å². The van der Waals surface area contributed by atoms with Crippen LogP contribution in [0.5, 0.6) is 5.75 Å². The Labute approximate surface area is 118 Å².